The lowest BCUT2D eigenvalue weighted by molar-refractivity contribution is -0.155. The molecule has 5 heteroatoms. The van der Waals surface area contributed by atoms with Crippen molar-refractivity contribution in [2.24, 2.45) is 11.8 Å². The summed E-state index contributed by atoms with van der Waals surface area (Å²) in [6.45, 7) is 1.01. The summed E-state index contributed by atoms with van der Waals surface area (Å²) in [5.74, 6) is 1.12. The number of nitrogens with one attached hydrogen (secondary N) is 1. The minimum Gasteiger partial charge on any atom is -0.459 e. The Morgan fingerprint density at radius 1 is 0.970 bits per heavy atom. The summed E-state index contributed by atoms with van der Waals surface area (Å²) < 4.78 is 12.1. The summed E-state index contributed by atoms with van der Waals surface area (Å²) in [5, 5.41) is 12.2. The van der Waals surface area contributed by atoms with Crippen LogP contribution < -0.4 is 5.32 Å². The Morgan fingerprint density at radius 2 is 1.70 bits per heavy atom. The molecule has 1 saturated carbocycles. The lowest BCUT2D eigenvalue weighted by Gasteiger charge is -2.35. The molecular weight excluding hydrogens is 414 g/mol. The van der Waals surface area contributed by atoms with Gasteiger partial charge in [0, 0.05) is 13.0 Å². The van der Waals surface area contributed by atoms with Crippen LogP contribution in [0.2, 0.25) is 0 Å². The van der Waals surface area contributed by atoms with Crippen molar-refractivity contribution in [1.29, 1.82) is 0 Å². The first-order chi connectivity index (χ1) is 16.2. The Balaban J connectivity index is 1.37. The highest BCUT2D eigenvalue weighted by Gasteiger charge is 2.32. The Hall–Kier alpha value is -2.63. The topological polar surface area (TPSA) is 67.8 Å². The van der Waals surface area contributed by atoms with E-state index in [0.29, 0.717) is 30.7 Å². The number of benzene rings is 2. The molecule has 2 aromatic carbocycles. The lowest BCUT2D eigenvalue weighted by atomic mass is 9.77. The number of carbonyl (C=O) groups is 1. The summed E-state index contributed by atoms with van der Waals surface area (Å²) >= 11 is 0. The second-order valence-corrected chi connectivity index (χ2v) is 9.15. The van der Waals surface area contributed by atoms with E-state index >= 15 is 0 Å². The summed E-state index contributed by atoms with van der Waals surface area (Å²) in [5.41, 5.74) is 3.10. The van der Waals surface area contributed by atoms with Crippen molar-refractivity contribution in [3.05, 3.63) is 83.1 Å². The average molecular weight is 450 g/mol. The lowest BCUT2D eigenvalue weighted by Crippen LogP contribution is -2.36. The first-order valence-electron chi connectivity index (χ1n) is 12.2. The van der Waals surface area contributed by atoms with Crippen molar-refractivity contribution in [3.8, 4) is 0 Å². The highest BCUT2D eigenvalue weighted by molar-refractivity contribution is 5.91. The minimum absolute atomic E-state index is 0.0312. The van der Waals surface area contributed by atoms with Crippen LogP contribution in [0.15, 0.2) is 66.4 Å². The van der Waals surface area contributed by atoms with Gasteiger partial charge in [-0.2, -0.15) is 0 Å². The summed E-state index contributed by atoms with van der Waals surface area (Å²) in [7, 11) is 0. The van der Waals surface area contributed by atoms with E-state index in [9.17, 15) is 9.90 Å². The van der Waals surface area contributed by atoms with Crippen LogP contribution in [-0.4, -0.2) is 23.8 Å². The van der Waals surface area contributed by atoms with E-state index in [4.69, 9.17) is 9.47 Å². The molecule has 2 N–H and O–H groups in total. The molecule has 5 nitrogen and oxygen atoms in total. The van der Waals surface area contributed by atoms with Gasteiger partial charge < -0.3 is 19.9 Å². The molecule has 2 atom stereocenters. The van der Waals surface area contributed by atoms with Gasteiger partial charge in [-0.1, -0.05) is 73.9 Å². The van der Waals surface area contributed by atoms with Crippen LogP contribution in [0.4, 0.5) is 0 Å². The maximum atomic E-state index is 12.9. The molecule has 4 rings (SSSR count). The van der Waals surface area contributed by atoms with Gasteiger partial charge in [0.15, 0.2) is 5.76 Å². The van der Waals surface area contributed by atoms with E-state index in [1.54, 1.807) is 0 Å². The molecular formula is C28H35NO4. The van der Waals surface area contributed by atoms with E-state index < -0.39 is 6.29 Å². The number of hydrogen-bond acceptors (Lipinski definition) is 4. The van der Waals surface area contributed by atoms with Crippen molar-refractivity contribution >= 4 is 5.91 Å². The number of amides is 1. The van der Waals surface area contributed by atoms with Crippen LogP contribution in [0.25, 0.3) is 0 Å². The molecule has 1 amide bonds. The van der Waals surface area contributed by atoms with E-state index in [0.717, 1.165) is 24.0 Å². The SMILES string of the molecule is O=C(NCCc1ccccc1)C1=C[C@H](C2CCCCC2)C[C@H](OCc2ccc(CO)cc2)O1. The molecule has 0 aromatic heterocycles. The van der Waals surface area contributed by atoms with Crippen LogP contribution in [0, 0.1) is 11.8 Å². The zero-order valence-electron chi connectivity index (χ0n) is 19.2. The number of aliphatic hydroxyl groups excluding tert-OH is 1. The zero-order valence-corrected chi connectivity index (χ0v) is 19.2. The van der Waals surface area contributed by atoms with Gasteiger partial charge in [0.25, 0.3) is 5.91 Å². The van der Waals surface area contributed by atoms with Crippen LogP contribution in [0.1, 0.15) is 55.2 Å². The second kappa shape index (κ2) is 12.0. The molecule has 2 aliphatic rings. The van der Waals surface area contributed by atoms with Gasteiger partial charge in [-0.25, -0.2) is 0 Å². The monoisotopic (exact) mass is 449 g/mol. The van der Waals surface area contributed by atoms with Crippen molar-refractivity contribution < 1.29 is 19.4 Å². The fourth-order valence-corrected chi connectivity index (χ4v) is 4.82. The first kappa shape index (κ1) is 23.5. The Morgan fingerprint density at radius 3 is 2.42 bits per heavy atom. The van der Waals surface area contributed by atoms with Crippen molar-refractivity contribution in [3.63, 3.8) is 0 Å². The quantitative estimate of drug-likeness (QED) is 0.573. The molecule has 0 bridgehead atoms. The molecule has 1 aliphatic heterocycles. The van der Waals surface area contributed by atoms with E-state index in [1.165, 1.54) is 37.7 Å². The predicted octanol–water partition coefficient (Wildman–Crippen LogP) is 4.88. The number of rotatable bonds is 9. The van der Waals surface area contributed by atoms with Gasteiger partial charge in [0.2, 0.25) is 6.29 Å². The van der Waals surface area contributed by atoms with E-state index in [2.05, 4.69) is 17.4 Å². The molecule has 1 aliphatic carbocycles. The smallest absolute Gasteiger partial charge is 0.286 e. The molecule has 176 valence electrons. The number of carbonyl (C=O) groups excluding carboxylic acids is 1. The number of hydrogen-bond donors (Lipinski definition) is 2. The molecule has 0 spiro atoms. The largest absolute Gasteiger partial charge is 0.459 e. The van der Waals surface area contributed by atoms with Crippen LogP contribution >= 0.6 is 0 Å². The van der Waals surface area contributed by atoms with Gasteiger partial charge in [0.05, 0.1) is 13.2 Å². The van der Waals surface area contributed by atoms with E-state index in [-0.39, 0.29) is 12.5 Å². The molecule has 33 heavy (non-hydrogen) atoms. The third kappa shape index (κ3) is 6.92. The van der Waals surface area contributed by atoms with Crippen molar-refractivity contribution in [1.82, 2.24) is 5.32 Å². The maximum absolute atomic E-state index is 12.9. The number of aliphatic hydroxyl groups is 1. The summed E-state index contributed by atoms with van der Waals surface area (Å²) in [6.07, 6.45) is 9.42. The second-order valence-electron chi connectivity index (χ2n) is 9.15. The molecule has 1 heterocycles. The maximum Gasteiger partial charge on any atom is 0.286 e. The summed E-state index contributed by atoms with van der Waals surface area (Å²) in [6, 6.07) is 17.9. The highest BCUT2D eigenvalue weighted by atomic mass is 16.7. The van der Waals surface area contributed by atoms with Crippen molar-refractivity contribution in [2.75, 3.05) is 6.54 Å². The van der Waals surface area contributed by atoms with Crippen molar-refractivity contribution in [2.45, 2.75) is 64.4 Å². The average Bonchev–Trinajstić information content (AvgIpc) is 2.88. The predicted molar refractivity (Wildman–Crippen MR) is 128 cm³/mol. The normalized spacial score (nSPS) is 21.2. The van der Waals surface area contributed by atoms with Gasteiger partial charge in [0.1, 0.15) is 0 Å². The van der Waals surface area contributed by atoms with Crippen LogP contribution in [0.3, 0.4) is 0 Å². The third-order valence-corrected chi connectivity index (χ3v) is 6.75. The fraction of sp³-hybridized carbons (Fsp3) is 0.464. The van der Waals surface area contributed by atoms with Crippen LogP contribution in [-0.2, 0) is 33.9 Å². The summed E-state index contributed by atoms with van der Waals surface area (Å²) in [4.78, 5) is 12.9. The molecule has 2 aromatic rings. The fourth-order valence-electron chi connectivity index (χ4n) is 4.82. The number of ether oxygens (including phenoxy) is 2. The molecule has 1 fully saturated rings. The van der Waals surface area contributed by atoms with Gasteiger partial charge in [-0.15, -0.1) is 0 Å². The standard InChI is InChI=1S/C28H35NO4/c30-19-22-11-13-23(14-12-22)20-32-27-18-25(24-9-5-2-6-10-24)17-26(33-27)28(31)29-16-15-21-7-3-1-4-8-21/h1,3-4,7-8,11-14,17,24-25,27,30H,2,5-6,9-10,15-16,18-20H2,(H,29,31)/t25-,27+/m0/s1. The Kier molecular flexibility index (Phi) is 8.56. The molecule has 0 saturated heterocycles. The van der Waals surface area contributed by atoms with E-state index in [1.807, 2.05) is 48.5 Å². The Labute approximate surface area is 196 Å². The molecule has 0 unspecified atom stereocenters. The Bertz CT molecular complexity index is 903. The third-order valence-electron chi connectivity index (χ3n) is 6.75. The number of allylic oxidation sites excluding steroid dienone is 1. The van der Waals surface area contributed by atoms with Gasteiger partial charge in [-0.3, -0.25) is 4.79 Å². The van der Waals surface area contributed by atoms with Crippen LogP contribution in [0.5, 0.6) is 0 Å². The van der Waals surface area contributed by atoms with Gasteiger partial charge in [-0.05, 0) is 53.9 Å². The zero-order chi connectivity index (χ0) is 22.9. The first-order valence-corrected chi connectivity index (χ1v) is 12.2. The molecule has 0 radical (unpaired) electrons. The highest BCUT2D eigenvalue weighted by Crippen LogP contribution is 2.37. The minimum atomic E-state index is -0.436. The van der Waals surface area contributed by atoms with Gasteiger partial charge >= 0.3 is 0 Å².